The Morgan fingerprint density at radius 2 is 1.94 bits per heavy atom. The Balaban J connectivity index is 1.24. The molecule has 11 atom stereocenters. The maximum absolute atomic E-state index is 11.5. The Labute approximate surface area is 200 Å². The summed E-state index contributed by atoms with van der Waals surface area (Å²) in [6, 6.07) is 0. The molecule has 6 rings (SSSR count). The van der Waals surface area contributed by atoms with Crippen LogP contribution in [0.2, 0.25) is 0 Å². The Bertz CT molecular complexity index is 844. The second-order valence-corrected chi connectivity index (χ2v) is 13.4. The molecular weight excluding hydrogens is 410 g/mol. The lowest BCUT2D eigenvalue weighted by Crippen LogP contribution is -2.57. The van der Waals surface area contributed by atoms with Gasteiger partial charge in [0.1, 0.15) is 11.8 Å². The van der Waals surface area contributed by atoms with Crippen LogP contribution >= 0.6 is 0 Å². The van der Waals surface area contributed by atoms with Crippen molar-refractivity contribution in [2.45, 2.75) is 110 Å². The van der Waals surface area contributed by atoms with Gasteiger partial charge in [0, 0.05) is 25.8 Å². The van der Waals surface area contributed by atoms with Crippen molar-refractivity contribution in [2.75, 3.05) is 6.54 Å². The molecule has 0 radical (unpaired) electrons. The summed E-state index contributed by atoms with van der Waals surface area (Å²) in [7, 11) is 0. The zero-order valence-corrected chi connectivity index (χ0v) is 21.5. The number of piperidine rings is 1. The van der Waals surface area contributed by atoms with Gasteiger partial charge in [0.15, 0.2) is 0 Å². The van der Waals surface area contributed by atoms with Crippen molar-refractivity contribution in [2.24, 2.45) is 46.3 Å². The van der Waals surface area contributed by atoms with Gasteiger partial charge in [0.2, 0.25) is 0 Å². The number of carbonyl (C=O) groups excluding carboxylic acids is 1. The van der Waals surface area contributed by atoms with Crippen molar-refractivity contribution in [1.82, 2.24) is 5.32 Å². The smallest absolute Gasteiger partial charge is 0.302 e. The summed E-state index contributed by atoms with van der Waals surface area (Å²) >= 11 is 0. The summed E-state index contributed by atoms with van der Waals surface area (Å²) in [6.07, 6.45) is 13.9. The maximum atomic E-state index is 11.5. The quantitative estimate of drug-likeness (QED) is 0.397. The number of esters is 1. The summed E-state index contributed by atoms with van der Waals surface area (Å²) in [5.41, 5.74) is 2.24. The van der Waals surface area contributed by atoms with Gasteiger partial charge in [-0.25, -0.2) is 0 Å². The Morgan fingerprint density at radius 1 is 1.12 bits per heavy atom. The largest absolute Gasteiger partial charge is 0.462 e. The van der Waals surface area contributed by atoms with Crippen LogP contribution in [0.1, 0.15) is 92.4 Å². The van der Waals surface area contributed by atoms with E-state index in [2.05, 4.69) is 39.1 Å². The molecule has 5 fully saturated rings. The third kappa shape index (κ3) is 3.18. The molecule has 4 aliphatic carbocycles. The van der Waals surface area contributed by atoms with E-state index < -0.39 is 0 Å². The van der Waals surface area contributed by atoms with E-state index in [-0.39, 0.29) is 17.8 Å². The molecule has 4 nitrogen and oxygen atoms in total. The zero-order valence-electron chi connectivity index (χ0n) is 21.5. The van der Waals surface area contributed by atoms with Gasteiger partial charge in [-0.05, 0) is 91.8 Å². The van der Waals surface area contributed by atoms with Crippen LogP contribution in [0.15, 0.2) is 11.6 Å². The molecule has 0 aromatic carbocycles. The zero-order chi connectivity index (χ0) is 23.2. The average molecular weight is 456 g/mol. The fourth-order valence-corrected chi connectivity index (χ4v) is 10.2. The monoisotopic (exact) mass is 455 g/mol. The molecule has 3 saturated carbocycles. The summed E-state index contributed by atoms with van der Waals surface area (Å²) in [6.45, 7) is 12.7. The van der Waals surface area contributed by atoms with Gasteiger partial charge in [0.05, 0.1) is 6.10 Å². The molecule has 2 aliphatic heterocycles. The molecule has 0 aromatic rings. The minimum Gasteiger partial charge on any atom is -0.462 e. The third-order valence-electron chi connectivity index (χ3n) is 11.9. The number of allylic oxidation sites excluding steroid dienone is 1. The van der Waals surface area contributed by atoms with E-state index in [4.69, 9.17) is 9.47 Å². The molecule has 6 aliphatic rings. The lowest BCUT2D eigenvalue weighted by atomic mass is 9.47. The number of ether oxygens (including phenoxy) is 2. The van der Waals surface area contributed by atoms with Gasteiger partial charge in [-0.15, -0.1) is 0 Å². The van der Waals surface area contributed by atoms with E-state index in [1.807, 2.05) is 0 Å². The molecule has 0 aromatic heterocycles. The highest BCUT2D eigenvalue weighted by Crippen LogP contribution is 2.70. The number of nitrogens with one attached hydrogen (secondary N) is 1. The second kappa shape index (κ2) is 7.56. The summed E-state index contributed by atoms with van der Waals surface area (Å²) in [4.78, 5) is 11.5. The molecule has 2 saturated heterocycles. The van der Waals surface area contributed by atoms with E-state index in [9.17, 15) is 4.79 Å². The SMILES string of the molecule is CC(=O)O[C@H]1CC[C@@]2(C)C(=CC[C@@H]3[C@@H]2CC[C@]2(C)C4[C@H](C[C@@H]32)O[C@]2(CC[C@@H](C)CN2)[C@H]4C)C1. The van der Waals surface area contributed by atoms with E-state index in [1.54, 1.807) is 12.5 Å². The number of hydrogen-bond donors (Lipinski definition) is 1. The first-order chi connectivity index (χ1) is 15.7. The minimum atomic E-state index is -0.127. The summed E-state index contributed by atoms with van der Waals surface area (Å²) < 4.78 is 12.6. The Hall–Kier alpha value is -0.870. The number of carbonyl (C=O) groups is 1. The molecule has 2 heterocycles. The molecule has 1 N–H and O–H groups in total. The summed E-state index contributed by atoms with van der Waals surface area (Å²) in [5, 5.41) is 3.88. The van der Waals surface area contributed by atoms with Crippen molar-refractivity contribution in [3.63, 3.8) is 0 Å². The number of rotatable bonds is 1. The molecule has 1 spiro atoms. The average Bonchev–Trinajstić information content (AvgIpc) is 3.21. The predicted octanol–water partition coefficient (Wildman–Crippen LogP) is 5.86. The maximum Gasteiger partial charge on any atom is 0.302 e. The standard InChI is InChI=1S/C29H45NO3/c1-17-8-13-29(30-16-17)18(2)26-25(33-29)15-24-22-7-6-20-14-21(32-19(3)31)9-11-27(20,4)23(22)10-12-28(24,26)5/h6,17-18,21-26,30H,7-16H2,1-5H3/t17-,18+,21+,22-,23+,24+,25+,26?,27+,28+,29-/m1/s1. The highest BCUT2D eigenvalue weighted by molar-refractivity contribution is 5.66. The van der Waals surface area contributed by atoms with Crippen LogP contribution in [0.3, 0.4) is 0 Å². The second-order valence-electron chi connectivity index (χ2n) is 13.4. The highest BCUT2D eigenvalue weighted by atomic mass is 16.5. The normalized spacial score (nSPS) is 55.2. The Morgan fingerprint density at radius 3 is 2.67 bits per heavy atom. The molecule has 4 heteroatoms. The van der Waals surface area contributed by atoms with E-state index in [0.29, 0.717) is 28.8 Å². The van der Waals surface area contributed by atoms with Crippen molar-refractivity contribution >= 4 is 5.97 Å². The fraction of sp³-hybridized carbons (Fsp3) is 0.897. The van der Waals surface area contributed by atoms with Crippen LogP contribution in [0, 0.1) is 46.3 Å². The Kier molecular flexibility index (Phi) is 5.18. The van der Waals surface area contributed by atoms with Gasteiger partial charge in [-0.3, -0.25) is 10.1 Å². The van der Waals surface area contributed by atoms with Crippen LogP contribution in [-0.4, -0.2) is 30.4 Å². The molecule has 33 heavy (non-hydrogen) atoms. The molecule has 184 valence electrons. The number of hydrogen-bond acceptors (Lipinski definition) is 4. The van der Waals surface area contributed by atoms with Crippen LogP contribution in [0.4, 0.5) is 0 Å². The lowest BCUT2D eigenvalue weighted by Gasteiger charge is -2.58. The first-order valence-corrected chi connectivity index (χ1v) is 14.0. The van der Waals surface area contributed by atoms with Gasteiger partial charge < -0.3 is 9.47 Å². The van der Waals surface area contributed by atoms with Crippen LogP contribution in [0.5, 0.6) is 0 Å². The highest BCUT2D eigenvalue weighted by Gasteiger charge is 2.68. The fourth-order valence-electron chi connectivity index (χ4n) is 10.2. The first kappa shape index (κ1) is 22.6. The van der Waals surface area contributed by atoms with Crippen LogP contribution < -0.4 is 5.32 Å². The molecule has 0 bridgehead atoms. The third-order valence-corrected chi connectivity index (χ3v) is 11.9. The van der Waals surface area contributed by atoms with Gasteiger partial charge >= 0.3 is 5.97 Å². The predicted molar refractivity (Wildman–Crippen MR) is 129 cm³/mol. The van der Waals surface area contributed by atoms with Crippen molar-refractivity contribution in [3.8, 4) is 0 Å². The topological polar surface area (TPSA) is 47.6 Å². The van der Waals surface area contributed by atoms with E-state index >= 15 is 0 Å². The van der Waals surface area contributed by atoms with Crippen LogP contribution in [-0.2, 0) is 14.3 Å². The summed E-state index contributed by atoms with van der Waals surface area (Å²) in [5.74, 6) is 4.30. The molecule has 1 unspecified atom stereocenters. The van der Waals surface area contributed by atoms with E-state index in [0.717, 1.165) is 43.1 Å². The van der Waals surface area contributed by atoms with Gasteiger partial charge in [-0.1, -0.05) is 39.3 Å². The first-order valence-electron chi connectivity index (χ1n) is 14.0. The van der Waals surface area contributed by atoms with E-state index in [1.165, 1.54) is 44.9 Å². The lowest BCUT2D eigenvalue weighted by molar-refractivity contribution is -0.148. The van der Waals surface area contributed by atoms with Crippen LogP contribution in [0.25, 0.3) is 0 Å². The molecular formula is C29H45NO3. The van der Waals surface area contributed by atoms with Gasteiger partial charge in [0.25, 0.3) is 0 Å². The number of fused-ring (bicyclic) bond motifs is 7. The molecule has 0 amide bonds. The van der Waals surface area contributed by atoms with Crippen molar-refractivity contribution in [3.05, 3.63) is 11.6 Å². The minimum absolute atomic E-state index is 0.0621. The van der Waals surface area contributed by atoms with Gasteiger partial charge in [-0.2, -0.15) is 0 Å². The van der Waals surface area contributed by atoms with Crippen molar-refractivity contribution < 1.29 is 14.3 Å². The van der Waals surface area contributed by atoms with Crippen molar-refractivity contribution in [1.29, 1.82) is 0 Å².